The highest BCUT2D eigenvalue weighted by atomic mass is 19.1. The molecular weight excluding hydrogens is 297 g/mol. The molecule has 0 saturated heterocycles. The van der Waals surface area contributed by atoms with Crippen molar-refractivity contribution in [2.24, 2.45) is 0 Å². The molecule has 0 aliphatic carbocycles. The molecule has 2 amide bonds. The standard InChI is InChI=1S/C17H20FN3O2/c1-10(16-11(2)20-23-12(16)3)9-19-17(22)21-7-6-13-8-14(18)4-5-15(13)21/h4-5,8,10H,6-7,9H2,1-3H3,(H,19,22). The maximum atomic E-state index is 13.2. The molecule has 1 aromatic carbocycles. The minimum absolute atomic E-state index is 0.112. The van der Waals surface area contributed by atoms with Crippen LogP contribution >= 0.6 is 0 Å². The number of fused-ring (bicyclic) bond motifs is 1. The summed E-state index contributed by atoms with van der Waals surface area (Å²) in [5.41, 5.74) is 3.55. The summed E-state index contributed by atoms with van der Waals surface area (Å²) < 4.78 is 18.4. The number of carbonyl (C=O) groups is 1. The van der Waals surface area contributed by atoms with Crippen LogP contribution in [0.15, 0.2) is 22.7 Å². The van der Waals surface area contributed by atoms with Crippen LogP contribution in [0.2, 0.25) is 0 Å². The van der Waals surface area contributed by atoms with Crippen molar-refractivity contribution >= 4 is 11.7 Å². The monoisotopic (exact) mass is 317 g/mol. The largest absolute Gasteiger partial charge is 0.361 e. The third kappa shape index (κ3) is 2.93. The van der Waals surface area contributed by atoms with Crippen LogP contribution in [0, 0.1) is 19.7 Å². The molecule has 1 N–H and O–H groups in total. The summed E-state index contributed by atoms with van der Waals surface area (Å²) in [5, 5.41) is 6.89. The van der Waals surface area contributed by atoms with Gasteiger partial charge in [0, 0.05) is 30.3 Å². The second-order valence-corrected chi connectivity index (χ2v) is 6.00. The molecule has 122 valence electrons. The molecule has 2 heterocycles. The van der Waals surface area contributed by atoms with E-state index in [1.54, 1.807) is 11.0 Å². The van der Waals surface area contributed by atoms with Gasteiger partial charge in [-0.1, -0.05) is 12.1 Å². The van der Waals surface area contributed by atoms with Crippen LogP contribution in [0.4, 0.5) is 14.9 Å². The van der Waals surface area contributed by atoms with E-state index < -0.39 is 0 Å². The number of benzene rings is 1. The lowest BCUT2D eigenvalue weighted by molar-refractivity contribution is 0.246. The first kappa shape index (κ1) is 15.5. The van der Waals surface area contributed by atoms with E-state index in [4.69, 9.17) is 4.52 Å². The summed E-state index contributed by atoms with van der Waals surface area (Å²) in [7, 11) is 0. The van der Waals surface area contributed by atoms with Gasteiger partial charge in [-0.15, -0.1) is 0 Å². The van der Waals surface area contributed by atoms with Gasteiger partial charge in [0.25, 0.3) is 0 Å². The Hall–Kier alpha value is -2.37. The van der Waals surface area contributed by atoms with Gasteiger partial charge in [0.05, 0.1) is 5.69 Å². The van der Waals surface area contributed by atoms with Gasteiger partial charge in [0.2, 0.25) is 0 Å². The van der Waals surface area contributed by atoms with E-state index in [2.05, 4.69) is 10.5 Å². The minimum Gasteiger partial charge on any atom is -0.361 e. The van der Waals surface area contributed by atoms with Crippen molar-refractivity contribution in [2.45, 2.75) is 33.1 Å². The van der Waals surface area contributed by atoms with Gasteiger partial charge >= 0.3 is 6.03 Å². The third-order valence-electron chi connectivity index (χ3n) is 4.32. The molecule has 0 fully saturated rings. The van der Waals surface area contributed by atoms with Gasteiger partial charge in [-0.25, -0.2) is 9.18 Å². The second kappa shape index (κ2) is 6.02. The van der Waals surface area contributed by atoms with Crippen LogP contribution in [0.3, 0.4) is 0 Å². The molecule has 23 heavy (non-hydrogen) atoms. The molecule has 5 nitrogen and oxygen atoms in total. The highest BCUT2D eigenvalue weighted by molar-refractivity contribution is 5.94. The average molecular weight is 317 g/mol. The first-order chi connectivity index (χ1) is 11.0. The first-order valence-electron chi connectivity index (χ1n) is 7.74. The summed E-state index contributed by atoms with van der Waals surface area (Å²) in [4.78, 5) is 14.1. The van der Waals surface area contributed by atoms with E-state index in [-0.39, 0.29) is 17.8 Å². The molecule has 0 spiro atoms. The van der Waals surface area contributed by atoms with Gasteiger partial charge in [-0.05, 0) is 44.0 Å². The fourth-order valence-electron chi connectivity index (χ4n) is 3.21. The Morgan fingerprint density at radius 3 is 2.96 bits per heavy atom. The maximum absolute atomic E-state index is 13.2. The Labute approximate surface area is 134 Å². The van der Waals surface area contributed by atoms with Crippen molar-refractivity contribution in [2.75, 3.05) is 18.0 Å². The molecule has 0 saturated carbocycles. The van der Waals surface area contributed by atoms with Crippen molar-refractivity contribution in [3.63, 3.8) is 0 Å². The summed E-state index contributed by atoms with van der Waals surface area (Å²) in [6.07, 6.45) is 0.680. The third-order valence-corrected chi connectivity index (χ3v) is 4.32. The van der Waals surface area contributed by atoms with Crippen LogP contribution in [0.5, 0.6) is 0 Å². The lowest BCUT2D eigenvalue weighted by Crippen LogP contribution is -2.40. The SMILES string of the molecule is Cc1noc(C)c1C(C)CNC(=O)N1CCc2cc(F)ccc21. The Kier molecular flexibility index (Phi) is 4.07. The van der Waals surface area contributed by atoms with Crippen LogP contribution in [-0.4, -0.2) is 24.3 Å². The van der Waals surface area contributed by atoms with Gasteiger partial charge in [0.1, 0.15) is 11.6 Å². The second-order valence-electron chi connectivity index (χ2n) is 6.00. The molecule has 1 unspecified atom stereocenters. The highest BCUT2D eigenvalue weighted by Gasteiger charge is 2.25. The fraction of sp³-hybridized carbons (Fsp3) is 0.412. The Morgan fingerprint density at radius 1 is 1.48 bits per heavy atom. The number of nitrogens with zero attached hydrogens (tertiary/aromatic N) is 2. The zero-order valence-electron chi connectivity index (χ0n) is 13.5. The number of hydrogen-bond acceptors (Lipinski definition) is 3. The molecule has 1 aliphatic rings. The van der Waals surface area contributed by atoms with Crippen molar-refractivity contribution in [1.82, 2.24) is 10.5 Å². The van der Waals surface area contributed by atoms with Crippen molar-refractivity contribution in [1.29, 1.82) is 0 Å². The van der Waals surface area contributed by atoms with Gasteiger partial charge in [-0.2, -0.15) is 0 Å². The molecule has 6 heteroatoms. The summed E-state index contributed by atoms with van der Waals surface area (Å²) >= 11 is 0. The molecule has 2 aromatic rings. The maximum Gasteiger partial charge on any atom is 0.321 e. The zero-order valence-corrected chi connectivity index (χ0v) is 13.5. The van der Waals surface area contributed by atoms with Crippen molar-refractivity contribution in [3.05, 3.63) is 46.6 Å². The first-order valence-corrected chi connectivity index (χ1v) is 7.74. The Balaban J connectivity index is 1.65. The predicted molar refractivity (Wildman–Crippen MR) is 85.2 cm³/mol. The number of halogens is 1. The van der Waals surface area contributed by atoms with Crippen LogP contribution in [0.1, 0.15) is 35.4 Å². The van der Waals surface area contributed by atoms with Crippen molar-refractivity contribution < 1.29 is 13.7 Å². The highest BCUT2D eigenvalue weighted by Crippen LogP contribution is 2.28. The number of carbonyl (C=O) groups excluding carboxylic acids is 1. The molecule has 1 aliphatic heterocycles. The Morgan fingerprint density at radius 2 is 2.26 bits per heavy atom. The minimum atomic E-state index is -0.266. The number of rotatable bonds is 3. The van der Waals surface area contributed by atoms with E-state index in [1.807, 2.05) is 20.8 Å². The molecular formula is C17H20FN3O2. The number of hydrogen-bond donors (Lipinski definition) is 1. The number of aromatic nitrogens is 1. The molecule has 0 radical (unpaired) electrons. The van der Waals surface area contributed by atoms with Crippen molar-refractivity contribution in [3.8, 4) is 0 Å². The summed E-state index contributed by atoms with van der Waals surface area (Å²) in [6.45, 7) is 6.87. The quantitative estimate of drug-likeness (QED) is 0.945. The molecule has 3 rings (SSSR count). The molecule has 1 aromatic heterocycles. The van der Waals surface area contributed by atoms with E-state index in [9.17, 15) is 9.18 Å². The lowest BCUT2D eigenvalue weighted by atomic mass is 10.00. The zero-order chi connectivity index (χ0) is 16.6. The van der Waals surface area contributed by atoms with Crippen LogP contribution in [-0.2, 0) is 6.42 Å². The van der Waals surface area contributed by atoms with Gasteiger partial charge in [-0.3, -0.25) is 4.90 Å². The topological polar surface area (TPSA) is 58.4 Å². The van der Waals surface area contributed by atoms with E-state index >= 15 is 0 Å². The normalized spacial score (nSPS) is 14.7. The van der Waals surface area contributed by atoms with E-state index in [0.717, 1.165) is 28.3 Å². The molecule has 0 bridgehead atoms. The number of anilines is 1. The number of nitrogens with one attached hydrogen (secondary N) is 1. The van der Waals surface area contributed by atoms with Gasteiger partial charge in [0.15, 0.2) is 0 Å². The number of aryl methyl sites for hydroxylation is 2. The summed E-state index contributed by atoms with van der Waals surface area (Å²) in [6, 6.07) is 4.38. The lowest BCUT2D eigenvalue weighted by Gasteiger charge is -2.20. The predicted octanol–water partition coefficient (Wildman–Crippen LogP) is 3.31. The van der Waals surface area contributed by atoms with E-state index in [0.29, 0.717) is 19.5 Å². The smallest absolute Gasteiger partial charge is 0.321 e. The van der Waals surface area contributed by atoms with Gasteiger partial charge < -0.3 is 9.84 Å². The van der Waals surface area contributed by atoms with Crippen LogP contribution in [0.25, 0.3) is 0 Å². The van der Waals surface area contributed by atoms with E-state index in [1.165, 1.54) is 12.1 Å². The van der Waals surface area contributed by atoms with Crippen LogP contribution < -0.4 is 10.2 Å². The Bertz CT molecular complexity index is 722. The number of amides is 2. The molecule has 1 atom stereocenters. The number of urea groups is 1. The fourth-order valence-corrected chi connectivity index (χ4v) is 3.21. The average Bonchev–Trinajstić information content (AvgIpc) is 3.07. The summed E-state index contributed by atoms with van der Waals surface area (Å²) in [5.74, 6) is 0.629.